The molecule has 1 aromatic heterocycles. The van der Waals surface area contributed by atoms with Crippen LogP contribution in [0.3, 0.4) is 0 Å². The van der Waals surface area contributed by atoms with Crippen LogP contribution in [0.5, 0.6) is 0 Å². The summed E-state index contributed by atoms with van der Waals surface area (Å²) in [7, 11) is 0. The number of benzene rings is 1. The van der Waals surface area contributed by atoms with E-state index in [1.165, 1.54) is 0 Å². The van der Waals surface area contributed by atoms with Gasteiger partial charge in [-0.3, -0.25) is 0 Å². The maximum absolute atomic E-state index is 5.87. The molecule has 1 aromatic carbocycles. The summed E-state index contributed by atoms with van der Waals surface area (Å²) in [5.74, 6) is 0. The quantitative estimate of drug-likeness (QED) is 0.837. The third-order valence-corrected chi connectivity index (χ3v) is 3.80. The van der Waals surface area contributed by atoms with Crippen molar-refractivity contribution in [3.63, 3.8) is 0 Å². The summed E-state index contributed by atoms with van der Waals surface area (Å²) >= 11 is 7.52. The van der Waals surface area contributed by atoms with Crippen molar-refractivity contribution in [1.82, 2.24) is 10.3 Å². The molecule has 1 heterocycles. The SMILES string of the molecule is CC(NCc1ccc(Cl)c(N)c1)c1nccs1. The van der Waals surface area contributed by atoms with Crippen molar-refractivity contribution >= 4 is 28.6 Å². The molecule has 2 rings (SSSR count). The van der Waals surface area contributed by atoms with Crippen molar-refractivity contribution in [3.05, 3.63) is 45.4 Å². The number of hydrogen-bond acceptors (Lipinski definition) is 4. The Morgan fingerprint density at radius 1 is 1.53 bits per heavy atom. The first kappa shape index (κ1) is 12.4. The van der Waals surface area contributed by atoms with Crippen LogP contribution in [-0.2, 0) is 6.54 Å². The molecule has 0 aliphatic heterocycles. The lowest BCUT2D eigenvalue weighted by Crippen LogP contribution is -2.17. The number of aromatic nitrogens is 1. The zero-order chi connectivity index (χ0) is 12.3. The Hall–Kier alpha value is -1.10. The van der Waals surface area contributed by atoms with Gasteiger partial charge in [0, 0.05) is 18.1 Å². The molecule has 0 amide bonds. The Morgan fingerprint density at radius 3 is 3.00 bits per heavy atom. The van der Waals surface area contributed by atoms with Gasteiger partial charge in [0.05, 0.1) is 16.8 Å². The van der Waals surface area contributed by atoms with Crippen LogP contribution in [0, 0.1) is 0 Å². The molecular formula is C12H14ClN3S. The van der Waals surface area contributed by atoms with E-state index in [2.05, 4.69) is 17.2 Å². The molecule has 0 aliphatic carbocycles. The second-order valence-corrected chi connectivity index (χ2v) is 5.16. The molecule has 90 valence electrons. The molecule has 1 unspecified atom stereocenters. The lowest BCUT2D eigenvalue weighted by molar-refractivity contribution is 0.572. The van der Waals surface area contributed by atoms with Crippen molar-refractivity contribution in [2.45, 2.75) is 19.5 Å². The van der Waals surface area contributed by atoms with Crippen LogP contribution in [0.25, 0.3) is 0 Å². The molecule has 3 nitrogen and oxygen atoms in total. The molecule has 17 heavy (non-hydrogen) atoms. The van der Waals surface area contributed by atoms with Gasteiger partial charge in [0.25, 0.3) is 0 Å². The number of nitrogens with two attached hydrogens (primary N) is 1. The van der Waals surface area contributed by atoms with Crippen LogP contribution in [0.4, 0.5) is 5.69 Å². The molecule has 1 atom stereocenters. The minimum absolute atomic E-state index is 0.243. The number of hydrogen-bond donors (Lipinski definition) is 2. The highest BCUT2D eigenvalue weighted by atomic mass is 35.5. The molecule has 0 bridgehead atoms. The number of nitrogens with zero attached hydrogens (tertiary/aromatic N) is 1. The third kappa shape index (κ3) is 3.19. The number of nitrogen functional groups attached to an aromatic ring is 1. The largest absolute Gasteiger partial charge is 0.398 e. The first-order valence-electron chi connectivity index (χ1n) is 5.33. The zero-order valence-electron chi connectivity index (χ0n) is 9.48. The lowest BCUT2D eigenvalue weighted by Gasteiger charge is -2.11. The molecule has 0 aliphatic rings. The van der Waals surface area contributed by atoms with Crippen LogP contribution in [0.1, 0.15) is 23.5 Å². The number of halogens is 1. The summed E-state index contributed by atoms with van der Waals surface area (Å²) < 4.78 is 0. The fraction of sp³-hybridized carbons (Fsp3) is 0.250. The molecule has 3 N–H and O–H groups in total. The van der Waals surface area contributed by atoms with E-state index in [0.717, 1.165) is 17.1 Å². The van der Waals surface area contributed by atoms with Gasteiger partial charge in [0.2, 0.25) is 0 Å². The summed E-state index contributed by atoms with van der Waals surface area (Å²) in [6, 6.07) is 5.93. The summed E-state index contributed by atoms with van der Waals surface area (Å²) in [5, 5.41) is 7.07. The predicted molar refractivity (Wildman–Crippen MR) is 73.2 cm³/mol. The predicted octanol–water partition coefficient (Wildman–Crippen LogP) is 3.23. The maximum Gasteiger partial charge on any atom is 0.109 e. The number of anilines is 1. The molecule has 0 spiro atoms. The van der Waals surface area contributed by atoms with Crippen LogP contribution >= 0.6 is 22.9 Å². The summed E-state index contributed by atoms with van der Waals surface area (Å²) in [4.78, 5) is 4.27. The van der Waals surface area contributed by atoms with Crippen LogP contribution < -0.4 is 11.1 Å². The number of rotatable bonds is 4. The average Bonchev–Trinajstić information content (AvgIpc) is 2.84. The monoisotopic (exact) mass is 267 g/mol. The van der Waals surface area contributed by atoms with E-state index in [9.17, 15) is 0 Å². The first-order valence-corrected chi connectivity index (χ1v) is 6.59. The highest BCUT2D eigenvalue weighted by Gasteiger charge is 2.07. The van der Waals surface area contributed by atoms with Crippen LogP contribution in [0.15, 0.2) is 29.8 Å². The Balaban J connectivity index is 1.96. The van der Waals surface area contributed by atoms with E-state index < -0.39 is 0 Å². The van der Waals surface area contributed by atoms with E-state index in [0.29, 0.717) is 10.7 Å². The van der Waals surface area contributed by atoms with Crippen molar-refractivity contribution in [1.29, 1.82) is 0 Å². The Labute approximate surface area is 110 Å². The molecule has 0 radical (unpaired) electrons. The topological polar surface area (TPSA) is 50.9 Å². The van der Waals surface area contributed by atoms with Crippen molar-refractivity contribution < 1.29 is 0 Å². The van der Waals surface area contributed by atoms with E-state index in [-0.39, 0.29) is 6.04 Å². The molecule has 0 saturated carbocycles. The molecule has 0 fully saturated rings. The standard InChI is InChI=1S/C12H14ClN3S/c1-8(12-15-4-5-17-12)16-7-9-2-3-10(13)11(14)6-9/h2-6,8,16H,7,14H2,1H3. The fourth-order valence-corrected chi connectivity index (χ4v) is 2.30. The third-order valence-electron chi connectivity index (χ3n) is 2.49. The van der Waals surface area contributed by atoms with Crippen molar-refractivity contribution in [3.8, 4) is 0 Å². The van der Waals surface area contributed by atoms with Gasteiger partial charge in [-0.15, -0.1) is 11.3 Å². The maximum atomic E-state index is 5.87. The summed E-state index contributed by atoms with van der Waals surface area (Å²) in [5.41, 5.74) is 7.49. The smallest absolute Gasteiger partial charge is 0.109 e. The highest BCUT2D eigenvalue weighted by molar-refractivity contribution is 7.09. The Bertz CT molecular complexity index is 485. The Morgan fingerprint density at radius 2 is 2.35 bits per heavy atom. The zero-order valence-corrected chi connectivity index (χ0v) is 11.1. The fourth-order valence-electron chi connectivity index (χ4n) is 1.51. The highest BCUT2D eigenvalue weighted by Crippen LogP contribution is 2.20. The molecular weight excluding hydrogens is 254 g/mol. The molecule has 0 saturated heterocycles. The van der Waals surface area contributed by atoms with Gasteiger partial charge in [-0.05, 0) is 24.6 Å². The first-order chi connectivity index (χ1) is 8.16. The number of thiazole rings is 1. The van der Waals surface area contributed by atoms with Gasteiger partial charge in [-0.2, -0.15) is 0 Å². The van der Waals surface area contributed by atoms with E-state index in [4.69, 9.17) is 17.3 Å². The average molecular weight is 268 g/mol. The van der Waals surface area contributed by atoms with E-state index in [1.54, 1.807) is 11.3 Å². The number of nitrogens with one attached hydrogen (secondary N) is 1. The van der Waals surface area contributed by atoms with Gasteiger partial charge < -0.3 is 11.1 Å². The summed E-state index contributed by atoms with van der Waals surface area (Å²) in [6.45, 7) is 2.85. The second-order valence-electron chi connectivity index (χ2n) is 3.83. The van der Waals surface area contributed by atoms with Gasteiger partial charge in [-0.25, -0.2) is 4.98 Å². The molecule has 5 heteroatoms. The van der Waals surface area contributed by atoms with Gasteiger partial charge in [-0.1, -0.05) is 17.7 Å². The van der Waals surface area contributed by atoms with Gasteiger partial charge in [0.1, 0.15) is 5.01 Å². The summed E-state index contributed by atoms with van der Waals surface area (Å²) in [6.07, 6.45) is 1.82. The Kier molecular flexibility index (Phi) is 3.99. The van der Waals surface area contributed by atoms with Crippen molar-refractivity contribution in [2.24, 2.45) is 0 Å². The van der Waals surface area contributed by atoms with Gasteiger partial charge in [0.15, 0.2) is 0 Å². The van der Waals surface area contributed by atoms with E-state index in [1.807, 2.05) is 29.8 Å². The molecule has 2 aromatic rings. The minimum atomic E-state index is 0.243. The normalized spacial score (nSPS) is 12.6. The van der Waals surface area contributed by atoms with Gasteiger partial charge >= 0.3 is 0 Å². The minimum Gasteiger partial charge on any atom is -0.398 e. The van der Waals surface area contributed by atoms with Crippen molar-refractivity contribution in [2.75, 3.05) is 5.73 Å². The van der Waals surface area contributed by atoms with Crippen LogP contribution in [-0.4, -0.2) is 4.98 Å². The van der Waals surface area contributed by atoms with Crippen LogP contribution in [0.2, 0.25) is 5.02 Å². The van der Waals surface area contributed by atoms with E-state index >= 15 is 0 Å². The second kappa shape index (κ2) is 5.49. The lowest BCUT2D eigenvalue weighted by atomic mass is 10.2.